The number of aromatic nitrogens is 6. The summed E-state index contributed by atoms with van der Waals surface area (Å²) in [4.78, 5) is 21.1. The molecule has 6 rings (SSSR count). The Bertz CT molecular complexity index is 1500. The van der Waals surface area contributed by atoms with Crippen LogP contribution in [0.3, 0.4) is 0 Å². The maximum atomic E-state index is 14.0. The highest BCUT2D eigenvalue weighted by molar-refractivity contribution is 5.94. The Balaban J connectivity index is 1.52. The van der Waals surface area contributed by atoms with E-state index >= 15 is 0 Å². The summed E-state index contributed by atoms with van der Waals surface area (Å²) in [5, 5.41) is 32.3. The van der Waals surface area contributed by atoms with Crippen molar-refractivity contribution in [1.82, 2.24) is 34.7 Å². The number of halogens is 2. The fraction of sp³-hybridized carbons (Fsp3) is 0.520. The lowest BCUT2D eigenvalue weighted by atomic mass is 9.77. The zero-order valence-corrected chi connectivity index (χ0v) is 21.1. The van der Waals surface area contributed by atoms with Crippen molar-refractivity contribution in [3.05, 3.63) is 29.2 Å². The number of methoxy groups -OCH3 is 1. The summed E-state index contributed by atoms with van der Waals surface area (Å²) in [6, 6.07) is 5.86. The number of nitriles is 1. The molecule has 2 aromatic heterocycles. The van der Waals surface area contributed by atoms with Crippen molar-refractivity contribution in [2.24, 2.45) is 7.05 Å². The van der Waals surface area contributed by atoms with Crippen LogP contribution < -0.4 is 4.74 Å². The Morgan fingerprint density at radius 1 is 1.26 bits per heavy atom. The summed E-state index contributed by atoms with van der Waals surface area (Å²) >= 11 is 0. The molecule has 1 aromatic carbocycles. The second-order valence-corrected chi connectivity index (χ2v) is 10.5. The number of hydrogen-bond acceptors (Lipinski definition) is 8. The van der Waals surface area contributed by atoms with Gasteiger partial charge in [-0.15, -0.1) is 10.2 Å². The number of benzene rings is 1. The molecule has 0 radical (unpaired) electrons. The van der Waals surface area contributed by atoms with Crippen LogP contribution in [0.5, 0.6) is 5.75 Å². The summed E-state index contributed by atoms with van der Waals surface area (Å²) in [5.74, 6) is -2.83. The number of aryl methyl sites for hydroxylation is 2. The third-order valence-electron chi connectivity index (χ3n) is 7.81. The van der Waals surface area contributed by atoms with E-state index in [0.29, 0.717) is 41.5 Å². The number of hydrogen-bond donors (Lipinski definition) is 1. The average molecular weight is 525 g/mol. The molecule has 1 N–H and O–H groups in total. The number of alkyl halides is 2. The van der Waals surface area contributed by atoms with Crippen LogP contribution in [0.2, 0.25) is 0 Å². The Hall–Kier alpha value is -3.92. The highest BCUT2D eigenvalue weighted by Gasteiger charge is 2.50. The lowest BCUT2D eigenvalue weighted by Gasteiger charge is -2.35. The molecule has 38 heavy (non-hydrogen) atoms. The Labute approximate surface area is 216 Å². The number of imidazole rings is 1. The topological polar surface area (TPSA) is 135 Å². The molecular formula is C25H26F2N8O3. The minimum atomic E-state index is -2.78. The van der Waals surface area contributed by atoms with Gasteiger partial charge < -0.3 is 19.3 Å². The molecule has 1 aliphatic carbocycles. The van der Waals surface area contributed by atoms with E-state index in [4.69, 9.17) is 4.74 Å². The molecule has 3 aromatic rings. The smallest absolute Gasteiger partial charge is 0.291 e. The molecule has 2 atom stereocenters. The number of rotatable bonds is 4. The average Bonchev–Trinajstić information content (AvgIpc) is 3.56. The number of amides is 1. The van der Waals surface area contributed by atoms with Crippen molar-refractivity contribution in [3.8, 4) is 34.5 Å². The Morgan fingerprint density at radius 2 is 2.03 bits per heavy atom. The van der Waals surface area contributed by atoms with Crippen LogP contribution in [-0.2, 0) is 20.0 Å². The lowest BCUT2D eigenvalue weighted by molar-refractivity contribution is -0.0874. The van der Waals surface area contributed by atoms with E-state index in [1.807, 2.05) is 12.1 Å². The van der Waals surface area contributed by atoms with E-state index in [1.54, 1.807) is 25.6 Å². The predicted molar refractivity (Wildman–Crippen MR) is 128 cm³/mol. The van der Waals surface area contributed by atoms with Gasteiger partial charge in [-0.05, 0) is 36.3 Å². The van der Waals surface area contributed by atoms with Gasteiger partial charge in [0.05, 0.1) is 43.3 Å². The normalized spacial score (nSPS) is 23.9. The van der Waals surface area contributed by atoms with Crippen LogP contribution in [0.1, 0.15) is 54.0 Å². The molecule has 2 aliphatic heterocycles. The molecular weight excluding hydrogens is 498 g/mol. The Kier molecular flexibility index (Phi) is 5.33. The van der Waals surface area contributed by atoms with E-state index in [9.17, 15) is 23.9 Å². The molecule has 11 nitrogen and oxygen atoms in total. The van der Waals surface area contributed by atoms with Crippen molar-refractivity contribution in [2.45, 2.75) is 62.6 Å². The first-order valence-electron chi connectivity index (χ1n) is 12.4. The molecule has 1 saturated heterocycles. The van der Waals surface area contributed by atoms with Crippen molar-refractivity contribution >= 4 is 5.91 Å². The van der Waals surface area contributed by atoms with Gasteiger partial charge in [0, 0.05) is 43.8 Å². The lowest BCUT2D eigenvalue weighted by Crippen LogP contribution is -2.45. The van der Waals surface area contributed by atoms with E-state index in [-0.39, 0.29) is 31.6 Å². The van der Waals surface area contributed by atoms with Crippen molar-refractivity contribution in [2.75, 3.05) is 13.7 Å². The first-order chi connectivity index (χ1) is 18.0. The number of aliphatic hydroxyl groups is 1. The van der Waals surface area contributed by atoms with Gasteiger partial charge >= 0.3 is 0 Å². The predicted octanol–water partition coefficient (Wildman–Crippen LogP) is 2.31. The van der Waals surface area contributed by atoms with Crippen LogP contribution in [0.25, 0.3) is 22.6 Å². The third kappa shape index (κ3) is 3.65. The Morgan fingerprint density at radius 3 is 2.66 bits per heavy atom. The molecule has 1 saturated carbocycles. The minimum absolute atomic E-state index is 0.00179. The van der Waals surface area contributed by atoms with Gasteiger partial charge in [-0.1, -0.05) is 0 Å². The van der Waals surface area contributed by atoms with E-state index in [2.05, 4.69) is 26.5 Å². The second-order valence-electron chi connectivity index (χ2n) is 10.5. The van der Waals surface area contributed by atoms with Crippen LogP contribution in [0.4, 0.5) is 8.78 Å². The number of tetrazole rings is 1. The third-order valence-corrected chi connectivity index (χ3v) is 7.81. The fourth-order valence-electron chi connectivity index (χ4n) is 5.87. The first kappa shape index (κ1) is 24.4. The number of aliphatic hydroxyl groups excluding tert-OH is 1. The van der Waals surface area contributed by atoms with Crippen LogP contribution >= 0.6 is 0 Å². The molecule has 4 heterocycles. The van der Waals surface area contributed by atoms with Crippen LogP contribution in [0.15, 0.2) is 12.1 Å². The van der Waals surface area contributed by atoms with Gasteiger partial charge in [0.1, 0.15) is 11.3 Å². The van der Waals surface area contributed by atoms with Gasteiger partial charge in [-0.25, -0.2) is 13.8 Å². The minimum Gasteiger partial charge on any atom is -0.496 e. The largest absolute Gasteiger partial charge is 0.496 e. The zero-order valence-electron chi connectivity index (χ0n) is 21.1. The molecule has 2 fully saturated rings. The highest BCUT2D eigenvalue weighted by atomic mass is 19.3. The highest BCUT2D eigenvalue weighted by Crippen LogP contribution is 2.52. The molecule has 0 bridgehead atoms. The maximum Gasteiger partial charge on any atom is 0.291 e. The quantitative estimate of drug-likeness (QED) is 0.549. The van der Waals surface area contributed by atoms with E-state index in [1.165, 1.54) is 9.70 Å². The van der Waals surface area contributed by atoms with Gasteiger partial charge in [0.2, 0.25) is 11.7 Å². The molecule has 13 heteroatoms. The van der Waals surface area contributed by atoms with Gasteiger partial charge in [-0.3, -0.25) is 4.79 Å². The monoisotopic (exact) mass is 524 g/mol. The molecule has 3 aliphatic rings. The number of carbonyl (C=O) groups is 1. The summed E-state index contributed by atoms with van der Waals surface area (Å²) in [7, 11) is 3.19. The molecule has 0 unspecified atom stereocenters. The number of carbonyl (C=O) groups excluding carboxylic acids is 1. The second kappa shape index (κ2) is 8.29. The standard InChI is InChI=1S/C25H26F2N8O3/c1-24(12-28)10-15(36)11-35(24)23(37)22-29-19(14-8-25(26,27)9-14)20-16-7-17(21-30-32-33(2)31-21)18(38-3)6-13(16)4-5-34(20)22/h6-7,14-15,36H,4-5,8-11H2,1-3H3/t15-,24+/m0/s1. The SMILES string of the molecule is COc1cc2c(cc1-c1nnn(C)n1)-c1c(C3CC(F)(F)C3)nc(C(=O)N3C[C@@H](O)C[C@]3(C)C#N)n1CC2. The zero-order chi connectivity index (χ0) is 27.0. The summed E-state index contributed by atoms with van der Waals surface area (Å²) in [6.07, 6.45) is -0.872. The number of β-amino-alcohol motifs (C(OH)–C–C–N with tert-alkyl or cyclic N) is 1. The van der Waals surface area contributed by atoms with Crippen LogP contribution in [-0.4, -0.2) is 76.9 Å². The van der Waals surface area contributed by atoms with E-state index in [0.717, 1.165) is 11.1 Å². The first-order valence-corrected chi connectivity index (χ1v) is 12.4. The summed E-state index contributed by atoms with van der Waals surface area (Å²) in [5.41, 5.74) is 2.07. The molecule has 1 amide bonds. The van der Waals surface area contributed by atoms with Gasteiger partial charge in [0.25, 0.3) is 5.91 Å². The summed E-state index contributed by atoms with van der Waals surface area (Å²) < 4.78 is 35.3. The van der Waals surface area contributed by atoms with Crippen molar-refractivity contribution < 1.29 is 23.4 Å². The maximum absolute atomic E-state index is 14.0. The number of likely N-dealkylation sites (tertiary alicyclic amines) is 1. The van der Waals surface area contributed by atoms with Crippen molar-refractivity contribution in [1.29, 1.82) is 5.26 Å². The van der Waals surface area contributed by atoms with Crippen LogP contribution in [0, 0.1) is 11.3 Å². The number of fused-ring (bicyclic) bond motifs is 3. The molecule has 0 spiro atoms. The number of ether oxygens (including phenoxy) is 1. The van der Waals surface area contributed by atoms with E-state index < -0.39 is 29.4 Å². The van der Waals surface area contributed by atoms with Gasteiger partial charge in [-0.2, -0.15) is 10.1 Å². The van der Waals surface area contributed by atoms with Crippen molar-refractivity contribution in [3.63, 3.8) is 0 Å². The molecule has 198 valence electrons. The number of nitrogens with zero attached hydrogens (tertiary/aromatic N) is 8. The fourth-order valence-corrected chi connectivity index (χ4v) is 5.87. The van der Waals surface area contributed by atoms with Gasteiger partial charge in [0.15, 0.2) is 5.82 Å². The summed E-state index contributed by atoms with van der Waals surface area (Å²) in [6.45, 7) is 2.00.